The molecule has 3 nitrogen and oxygen atoms in total. The van der Waals surface area contributed by atoms with Crippen LogP contribution in [-0.4, -0.2) is 18.4 Å². The highest BCUT2D eigenvalue weighted by molar-refractivity contribution is 5.86. The lowest BCUT2D eigenvalue weighted by atomic mass is 9.72. The fraction of sp³-hybridized carbons (Fsp3) is 0.778. The monoisotopic (exact) mass is 170 g/mol. The van der Waals surface area contributed by atoms with Crippen molar-refractivity contribution in [2.45, 2.75) is 26.7 Å². The van der Waals surface area contributed by atoms with E-state index < -0.39 is 0 Å². The normalized spacial score (nSPS) is 27.5. The molecular formula is C9H14O3. The van der Waals surface area contributed by atoms with Gasteiger partial charge in [-0.15, -0.1) is 0 Å². The maximum absolute atomic E-state index is 11.2. The maximum Gasteiger partial charge on any atom is 0.309 e. The molecule has 0 aromatic heterocycles. The third kappa shape index (κ3) is 1.65. The molecule has 0 amide bonds. The molecule has 0 heterocycles. The number of ketones is 1. The average molecular weight is 170 g/mol. The van der Waals surface area contributed by atoms with E-state index in [1.54, 1.807) is 6.92 Å². The Morgan fingerprint density at radius 2 is 1.92 bits per heavy atom. The van der Waals surface area contributed by atoms with Crippen LogP contribution in [0.3, 0.4) is 0 Å². The molecule has 1 fully saturated rings. The first-order chi connectivity index (χ1) is 5.66. The summed E-state index contributed by atoms with van der Waals surface area (Å²) in [6.07, 6.45) is 1.65. The molecule has 0 aromatic rings. The first kappa shape index (κ1) is 9.23. The summed E-state index contributed by atoms with van der Waals surface area (Å²) in [5.74, 6) is -0.310. The van der Waals surface area contributed by atoms with Crippen LogP contribution in [0, 0.1) is 11.8 Å². The number of hydrogen-bond donors (Lipinski definition) is 0. The van der Waals surface area contributed by atoms with Gasteiger partial charge >= 0.3 is 5.97 Å². The third-order valence-electron chi connectivity index (χ3n) is 2.39. The van der Waals surface area contributed by atoms with E-state index in [1.807, 2.05) is 0 Å². The third-order valence-corrected chi connectivity index (χ3v) is 2.39. The summed E-state index contributed by atoms with van der Waals surface area (Å²) >= 11 is 0. The number of Topliss-reactive ketones (excluding diaryl/α,β-unsaturated/α-hetero) is 1. The highest BCUT2D eigenvalue weighted by atomic mass is 16.5. The second-order valence-electron chi connectivity index (χ2n) is 3.15. The lowest BCUT2D eigenvalue weighted by Crippen LogP contribution is -2.38. The Bertz CT molecular complexity index is 198. The topological polar surface area (TPSA) is 43.4 Å². The van der Waals surface area contributed by atoms with Crippen LogP contribution in [0.25, 0.3) is 0 Å². The number of hydrogen-bond acceptors (Lipinski definition) is 3. The maximum atomic E-state index is 11.2. The zero-order valence-electron chi connectivity index (χ0n) is 7.50. The quantitative estimate of drug-likeness (QED) is 0.597. The molecular weight excluding hydrogens is 156 g/mol. The minimum atomic E-state index is -0.205. The van der Waals surface area contributed by atoms with Crippen molar-refractivity contribution in [1.29, 1.82) is 0 Å². The molecule has 2 unspecified atom stereocenters. The predicted molar refractivity (Wildman–Crippen MR) is 43.5 cm³/mol. The van der Waals surface area contributed by atoms with E-state index in [0.29, 0.717) is 6.61 Å². The van der Waals surface area contributed by atoms with Crippen molar-refractivity contribution in [3.05, 3.63) is 0 Å². The zero-order chi connectivity index (χ0) is 9.14. The predicted octanol–water partition coefficient (Wildman–Crippen LogP) is 1.16. The second kappa shape index (κ2) is 3.70. The van der Waals surface area contributed by atoms with Crippen molar-refractivity contribution >= 4 is 11.8 Å². The molecule has 0 aromatic carbocycles. The summed E-state index contributed by atoms with van der Waals surface area (Å²) in [6.45, 7) is 3.72. The molecule has 0 aliphatic heterocycles. The highest BCUT2D eigenvalue weighted by Gasteiger charge is 2.40. The molecule has 1 aliphatic rings. The van der Waals surface area contributed by atoms with E-state index >= 15 is 0 Å². The standard InChI is InChI=1S/C9H14O3/c1-3-12-9(11)8-5-4-7(8)6(2)10/h7-8H,3-5H2,1-2H3. The lowest BCUT2D eigenvalue weighted by Gasteiger charge is -2.32. The number of ether oxygens (including phenoxy) is 1. The Hall–Kier alpha value is -0.860. The largest absolute Gasteiger partial charge is 0.466 e. The van der Waals surface area contributed by atoms with Gasteiger partial charge in [0, 0.05) is 5.92 Å². The van der Waals surface area contributed by atoms with Gasteiger partial charge in [0.2, 0.25) is 0 Å². The minimum absolute atomic E-state index is 0.0657. The van der Waals surface area contributed by atoms with Crippen LogP contribution < -0.4 is 0 Å². The summed E-state index contributed by atoms with van der Waals surface area (Å²) in [5.41, 5.74) is 0. The molecule has 2 atom stereocenters. The SMILES string of the molecule is CCOC(=O)C1CCC1C(C)=O. The summed E-state index contributed by atoms with van der Waals surface area (Å²) < 4.78 is 4.84. The zero-order valence-corrected chi connectivity index (χ0v) is 7.50. The van der Waals surface area contributed by atoms with Gasteiger partial charge in [-0.25, -0.2) is 0 Å². The molecule has 1 rings (SSSR count). The molecule has 0 bridgehead atoms. The highest BCUT2D eigenvalue weighted by Crippen LogP contribution is 2.35. The van der Waals surface area contributed by atoms with Gasteiger partial charge < -0.3 is 4.74 Å². The summed E-state index contributed by atoms with van der Waals surface area (Å²) in [7, 11) is 0. The van der Waals surface area contributed by atoms with Crippen molar-refractivity contribution < 1.29 is 14.3 Å². The summed E-state index contributed by atoms with van der Waals surface area (Å²) in [5, 5.41) is 0. The van der Waals surface area contributed by atoms with Gasteiger partial charge in [-0.3, -0.25) is 9.59 Å². The van der Waals surface area contributed by atoms with E-state index in [1.165, 1.54) is 6.92 Å². The Balaban J connectivity index is 2.43. The van der Waals surface area contributed by atoms with Gasteiger partial charge in [0.1, 0.15) is 5.78 Å². The number of carbonyl (C=O) groups excluding carboxylic acids is 2. The van der Waals surface area contributed by atoms with Crippen LogP contribution in [0.4, 0.5) is 0 Å². The van der Waals surface area contributed by atoms with Crippen LogP contribution >= 0.6 is 0 Å². The Morgan fingerprint density at radius 1 is 1.33 bits per heavy atom. The van der Waals surface area contributed by atoms with Crippen molar-refractivity contribution in [1.82, 2.24) is 0 Å². The molecule has 0 saturated heterocycles. The van der Waals surface area contributed by atoms with Gasteiger partial charge in [-0.05, 0) is 26.7 Å². The van der Waals surface area contributed by atoms with Gasteiger partial charge in [-0.2, -0.15) is 0 Å². The molecule has 0 N–H and O–H groups in total. The lowest BCUT2D eigenvalue weighted by molar-refractivity contribution is -0.157. The molecule has 1 aliphatic carbocycles. The molecule has 3 heteroatoms. The Labute approximate surface area is 72.1 Å². The van der Waals surface area contributed by atoms with Gasteiger partial charge in [0.05, 0.1) is 12.5 Å². The van der Waals surface area contributed by atoms with Crippen molar-refractivity contribution in [2.24, 2.45) is 11.8 Å². The smallest absolute Gasteiger partial charge is 0.309 e. The number of carbonyl (C=O) groups is 2. The molecule has 0 spiro atoms. The van der Waals surface area contributed by atoms with Crippen LogP contribution in [-0.2, 0) is 14.3 Å². The first-order valence-electron chi connectivity index (χ1n) is 4.34. The van der Waals surface area contributed by atoms with Crippen LogP contribution in [0.15, 0.2) is 0 Å². The minimum Gasteiger partial charge on any atom is -0.466 e. The number of esters is 1. The van der Waals surface area contributed by atoms with E-state index in [-0.39, 0.29) is 23.6 Å². The van der Waals surface area contributed by atoms with E-state index in [0.717, 1.165) is 12.8 Å². The van der Waals surface area contributed by atoms with Gasteiger partial charge in [0.15, 0.2) is 0 Å². The van der Waals surface area contributed by atoms with Gasteiger partial charge in [0.25, 0.3) is 0 Å². The van der Waals surface area contributed by atoms with Crippen molar-refractivity contribution in [3.8, 4) is 0 Å². The van der Waals surface area contributed by atoms with Crippen molar-refractivity contribution in [3.63, 3.8) is 0 Å². The fourth-order valence-electron chi connectivity index (χ4n) is 1.52. The van der Waals surface area contributed by atoms with E-state index in [9.17, 15) is 9.59 Å². The Kier molecular flexibility index (Phi) is 2.84. The van der Waals surface area contributed by atoms with Crippen LogP contribution in [0.5, 0.6) is 0 Å². The van der Waals surface area contributed by atoms with Crippen molar-refractivity contribution in [2.75, 3.05) is 6.61 Å². The van der Waals surface area contributed by atoms with E-state index in [2.05, 4.69) is 0 Å². The van der Waals surface area contributed by atoms with Crippen LogP contribution in [0.1, 0.15) is 26.7 Å². The average Bonchev–Trinajstić information content (AvgIpc) is 1.82. The molecule has 0 radical (unpaired) electrons. The molecule has 68 valence electrons. The summed E-state index contributed by atoms with van der Waals surface area (Å²) in [6, 6.07) is 0. The molecule has 1 saturated carbocycles. The van der Waals surface area contributed by atoms with Crippen LogP contribution in [0.2, 0.25) is 0 Å². The fourth-order valence-corrected chi connectivity index (χ4v) is 1.52. The first-order valence-corrected chi connectivity index (χ1v) is 4.34. The second-order valence-corrected chi connectivity index (χ2v) is 3.15. The summed E-state index contributed by atoms with van der Waals surface area (Å²) in [4.78, 5) is 22.1. The number of rotatable bonds is 3. The van der Waals surface area contributed by atoms with Gasteiger partial charge in [-0.1, -0.05) is 0 Å². The molecule has 12 heavy (non-hydrogen) atoms. The Morgan fingerprint density at radius 3 is 2.25 bits per heavy atom. The van der Waals surface area contributed by atoms with E-state index in [4.69, 9.17) is 4.74 Å².